The van der Waals surface area contributed by atoms with Gasteiger partial charge in [-0.15, -0.1) is 0 Å². The Hall–Kier alpha value is -2.67. The minimum absolute atomic E-state index is 0.103. The number of amides is 3. The zero-order valence-corrected chi connectivity index (χ0v) is 15.7. The monoisotopic (exact) mass is 415 g/mol. The third-order valence-corrected chi connectivity index (χ3v) is 4.78. The molecular formula is C19H18BrN3O3. The molecule has 3 amide bonds. The standard InChI is InChI=1S/C19H18BrN3O3/c1-12-2-8-16(9-3-12)23-11-14(10-17(23)24)19(26)22-21-18(25)13-4-6-15(20)7-5-13/h2-9,14H,10-11H2,1H3,(H,21,25)(H,22,26)/t14-/m1/s1. The second-order valence-corrected chi connectivity index (χ2v) is 7.11. The molecule has 2 aromatic rings. The van der Waals surface area contributed by atoms with Gasteiger partial charge in [0.05, 0.1) is 5.92 Å². The minimum atomic E-state index is -0.506. The van der Waals surface area contributed by atoms with Crippen LogP contribution in [-0.2, 0) is 9.59 Å². The summed E-state index contributed by atoms with van der Waals surface area (Å²) in [6.07, 6.45) is 0.119. The molecule has 0 aromatic heterocycles. The maximum Gasteiger partial charge on any atom is 0.269 e. The van der Waals surface area contributed by atoms with Gasteiger partial charge in [-0.05, 0) is 43.3 Å². The first kappa shape index (κ1) is 18.1. The molecule has 2 aromatic carbocycles. The summed E-state index contributed by atoms with van der Waals surface area (Å²) in [5, 5.41) is 0. The first-order chi connectivity index (χ1) is 12.4. The summed E-state index contributed by atoms with van der Waals surface area (Å²) in [6.45, 7) is 2.27. The summed E-state index contributed by atoms with van der Waals surface area (Å²) < 4.78 is 0.860. The molecule has 0 spiro atoms. The molecule has 1 saturated heterocycles. The lowest BCUT2D eigenvalue weighted by atomic mass is 10.1. The van der Waals surface area contributed by atoms with Gasteiger partial charge < -0.3 is 4.90 Å². The van der Waals surface area contributed by atoms with Crippen LogP contribution in [0.15, 0.2) is 53.0 Å². The molecule has 2 N–H and O–H groups in total. The Labute approximate surface area is 159 Å². The Bertz CT molecular complexity index is 834. The molecule has 134 valence electrons. The number of rotatable bonds is 3. The highest BCUT2D eigenvalue weighted by molar-refractivity contribution is 9.10. The van der Waals surface area contributed by atoms with E-state index in [1.807, 2.05) is 31.2 Å². The fraction of sp³-hybridized carbons (Fsp3) is 0.211. The average molecular weight is 416 g/mol. The van der Waals surface area contributed by atoms with Crippen LogP contribution < -0.4 is 15.8 Å². The maximum absolute atomic E-state index is 12.3. The van der Waals surface area contributed by atoms with E-state index in [0.29, 0.717) is 12.1 Å². The van der Waals surface area contributed by atoms with Gasteiger partial charge in [0.1, 0.15) is 0 Å². The largest absolute Gasteiger partial charge is 0.312 e. The van der Waals surface area contributed by atoms with E-state index < -0.39 is 11.8 Å². The Morgan fingerprint density at radius 2 is 1.69 bits per heavy atom. The second-order valence-electron chi connectivity index (χ2n) is 6.19. The molecule has 0 aliphatic carbocycles. The lowest BCUT2D eigenvalue weighted by Gasteiger charge is -2.17. The van der Waals surface area contributed by atoms with Gasteiger partial charge in [-0.1, -0.05) is 33.6 Å². The molecule has 1 aliphatic heterocycles. The quantitative estimate of drug-likeness (QED) is 0.756. The lowest BCUT2D eigenvalue weighted by Crippen LogP contribution is -2.45. The number of nitrogens with zero attached hydrogens (tertiary/aromatic N) is 1. The van der Waals surface area contributed by atoms with Crippen LogP contribution in [0.4, 0.5) is 5.69 Å². The number of carbonyl (C=O) groups is 3. The third kappa shape index (κ3) is 4.11. The Morgan fingerprint density at radius 1 is 1.04 bits per heavy atom. The molecule has 1 aliphatic rings. The van der Waals surface area contributed by atoms with Crippen LogP contribution in [0.2, 0.25) is 0 Å². The van der Waals surface area contributed by atoms with Crippen molar-refractivity contribution in [3.63, 3.8) is 0 Å². The fourth-order valence-electron chi connectivity index (χ4n) is 2.75. The predicted molar refractivity (Wildman–Crippen MR) is 101 cm³/mol. The van der Waals surface area contributed by atoms with Crippen molar-refractivity contribution in [2.24, 2.45) is 5.92 Å². The fourth-order valence-corrected chi connectivity index (χ4v) is 3.02. The highest BCUT2D eigenvalue weighted by Gasteiger charge is 2.35. The highest BCUT2D eigenvalue weighted by atomic mass is 79.9. The van der Waals surface area contributed by atoms with Gasteiger partial charge in [-0.2, -0.15) is 0 Å². The van der Waals surface area contributed by atoms with Gasteiger partial charge in [0, 0.05) is 28.7 Å². The zero-order valence-electron chi connectivity index (χ0n) is 14.2. The van der Waals surface area contributed by atoms with Crippen LogP contribution in [0.1, 0.15) is 22.3 Å². The Kier molecular flexibility index (Phi) is 5.37. The second kappa shape index (κ2) is 7.70. The molecule has 6 nitrogen and oxygen atoms in total. The van der Waals surface area contributed by atoms with Crippen LogP contribution in [0.3, 0.4) is 0 Å². The molecule has 1 atom stereocenters. The number of carbonyl (C=O) groups excluding carboxylic acids is 3. The van der Waals surface area contributed by atoms with Crippen LogP contribution in [0.5, 0.6) is 0 Å². The van der Waals surface area contributed by atoms with E-state index in [2.05, 4.69) is 26.8 Å². The van der Waals surface area contributed by atoms with E-state index in [4.69, 9.17) is 0 Å². The summed E-state index contributed by atoms with van der Waals surface area (Å²) in [6, 6.07) is 14.3. The third-order valence-electron chi connectivity index (χ3n) is 4.25. The molecule has 26 heavy (non-hydrogen) atoms. The number of benzene rings is 2. The average Bonchev–Trinajstić information content (AvgIpc) is 3.02. The molecule has 0 saturated carbocycles. The number of anilines is 1. The lowest BCUT2D eigenvalue weighted by molar-refractivity contribution is -0.126. The smallest absolute Gasteiger partial charge is 0.269 e. The Morgan fingerprint density at radius 3 is 2.35 bits per heavy atom. The molecule has 0 radical (unpaired) electrons. The van der Waals surface area contributed by atoms with Gasteiger partial charge in [0.25, 0.3) is 5.91 Å². The van der Waals surface area contributed by atoms with Crippen LogP contribution in [0.25, 0.3) is 0 Å². The van der Waals surface area contributed by atoms with Crippen LogP contribution >= 0.6 is 15.9 Å². The van der Waals surface area contributed by atoms with Crippen molar-refractivity contribution >= 4 is 39.3 Å². The molecule has 3 rings (SSSR count). The first-order valence-electron chi connectivity index (χ1n) is 8.17. The molecule has 7 heteroatoms. The normalized spacial score (nSPS) is 16.5. The van der Waals surface area contributed by atoms with Gasteiger partial charge in [-0.3, -0.25) is 25.2 Å². The van der Waals surface area contributed by atoms with E-state index in [0.717, 1.165) is 15.7 Å². The van der Waals surface area contributed by atoms with E-state index in [1.54, 1.807) is 29.2 Å². The number of hydrogen-bond donors (Lipinski definition) is 2. The van der Waals surface area contributed by atoms with E-state index in [9.17, 15) is 14.4 Å². The topological polar surface area (TPSA) is 78.5 Å². The molecule has 1 heterocycles. The van der Waals surface area contributed by atoms with E-state index in [1.165, 1.54) is 0 Å². The molecule has 0 bridgehead atoms. The molecule has 1 fully saturated rings. The van der Waals surface area contributed by atoms with Gasteiger partial charge in [0.15, 0.2) is 0 Å². The highest BCUT2D eigenvalue weighted by Crippen LogP contribution is 2.25. The molecule has 0 unspecified atom stereocenters. The van der Waals surface area contributed by atoms with Crippen molar-refractivity contribution in [1.29, 1.82) is 0 Å². The van der Waals surface area contributed by atoms with Gasteiger partial charge in [0.2, 0.25) is 11.8 Å². The van der Waals surface area contributed by atoms with Crippen LogP contribution in [0, 0.1) is 12.8 Å². The van der Waals surface area contributed by atoms with E-state index in [-0.39, 0.29) is 18.2 Å². The van der Waals surface area contributed by atoms with Crippen molar-refractivity contribution in [3.8, 4) is 0 Å². The number of nitrogens with one attached hydrogen (secondary N) is 2. The SMILES string of the molecule is Cc1ccc(N2C[C@H](C(=O)NNC(=O)c3ccc(Br)cc3)CC2=O)cc1. The van der Waals surface area contributed by atoms with Crippen molar-refractivity contribution in [2.45, 2.75) is 13.3 Å². The summed E-state index contributed by atoms with van der Waals surface area (Å²) in [5.41, 5.74) is 7.10. The summed E-state index contributed by atoms with van der Waals surface area (Å²) >= 11 is 3.30. The maximum atomic E-state index is 12.3. The van der Waals surface area contributed by atoms with Crippen molar-refractivity contribution < 1.29 is 14.4 Å². The van der Waals surface area contributed by atoms with Gasteiger partial charge in [-0.25, -0.2) is 0 Å². The summed E-state index contributed by atoms with van der Waals surface area (Å²) in [4.78, 5) is 38.2. The van der Waals surface area contributed by atoms with Crippen molar-refractivity contribution in [2.75, 3.05) is 11.4 Å². The number of aryl methyl sites for hydroxylation is 1. The number of halogens is 1. The summed E-state index contributed by atoms with van der Waals surface area (Å²) in [7, 11) is 0. The first-order valence-corrected chi connectivity index (χ1v) is 8.96. The van der Waals surface area contributed by atoms with Crippen LogP contribution in [-0.4, -0.2) is 24.3 Å². The predicted octanol–water partition coefficient (Wildman–Crippen LogP) is 2.57. The summed E-state index contributed by atoms with van der Waals surface area (Å²) in [5.74, 6) is -1.40. The van der Waals surface area contributed by atoms with Crippen molar-refractivity contribution in [3.05, 3.63) is 64.1 Å². The number of hydrogen-bond acceptors (Lipinski definition) is 3. The van der Waals surface area contributed by atoms with E-state index >= 15 is 0 Å². The zero-order chi connectivity index (χ0) is 18.7. The number of hydrazine groups is 1. The molecular weight excluding hydrogens is 398 g/mol. The Balaban J connectivity index is 1.57. The van der Waals surface area contributed by atoms with Crippen molar-refractivity contribution in [1.82, 2.24) is 10.9 Å². The minimum Gasteiger partial charge on any atom is -0.312 e. The van der Waals surface area contributed by atoms with Gasteiger partial charge >= 0.3 is 0 Å².